The second-order valence-corrected chi connectivity index (χ2v) is 6.34. The number of nitrogens with one attached hydrogen (secondary N) is 2. The fourth-order valence-electron chi connectivity index (χ4n) is 2.49. The molecule has 4 nitrogen and oxygen atoms in total. The van der Waals surface area contributed by atoms with E-state index in [9.17, 15) is 13.2 Å². The topological polar surface area (TPSA) is 39.7 Å². The van der Waals surface area contributed by atoms with E-state index in [0.29, 0.717) is 25.5 Å². The van der Waals surface area contributed by atoms with Crippen molar-refractivity contribution in [2.24, 2.45) is 4.99 Å². The van der Waals surface area contributed by atoms with Crippen LogP contribution >= 0.6 is 35.3 Å². The Kier molecular flexibility index (Phi) is 8.62. The van der Waals surface area contributed by atoms with Crippen molar-refractivity contribution >= 4 is 41.3 Å². The molecule has 2 rings (SSSR count). The first kappa shape index (κ1) is 20.5. The van der Waals surface area contributed by atoms with E-state index in [1.807, 2.05) is 11.4 Å². The Morgan fingerprint density at radius 3 is 2.87 bits per heavy atom. The summed E-state index contributed by atoms with van der Waals surface area (Å²) in [7, 11) is 1.67. The van der Waals surface area contributed by atoms with Crippen molar-refractivity contribution in [1.82, 2.24) is 15.5 Å². The number of thiophene rings is 1. The van der Waals surface area contributed by atoms with Gasteiger partial charge in [0.25, 0.3) is 0 Å². The predicted molar refractivity (Wildman–Crippen MR) is 98.8 cm³/mol. The number of nitrogens with zero attached hydrogens (tertiary/aromatic N) is 2. The van der Waals surface area contributed by atoms with E-state index < -0.39 is 12.7 Å². The van der Waals surface area contributed by atoms with Crippen LogP contribution < -0.4 is 10.6 Å². The number of rotatable bonds is 5. The van der Waals surface area contributed by atoms with Gasteiger partial charge in [-0.15, -0.1) is 35.3 Å². The molecule has 0 spiro atoms. The second kappa shape index (κ2) is 9.67. The summed E-state index contributed by atoms with van der Waals surface area (Å²) >= 11 is 1.71. The Balaban J connectivity index is 0.00000264. The summed E-state index contributed by atoms with van der Waals surface area (Å²) in [6.45, 7) is 0.767. The Morgan fingerprint density at radius 1 is 1.48 bits per heavy atom. The minimum atomic E-state index is -4.13. The van der Waals surface area contributed by atoms with Crippen LogP contribution in [0.5, 0.6) is 0 Å². The number of aliphatic imine (C=N–C) groups is 1. The van der Waals surface area contributed by atoms with Gasteiger partial charge in [0.1, 0.15) is 0 Å². The maximum Gasteiger partial charge on any atom is 0.401 e. The number of guanidine groups is 1. The van der Waals surface area contributed by atoms with Gasteiger partial charge in [-0.3, -0.25) is 9.89 Å². The molecule has 1 aliphatic heterocycles. The van der Waals surface area contributed by atoms with Gasteiger partial charge in [0.05, 0.1) is 6.54 Å². The van der Waals surface area contributed by atoms with E-state index in [2.05, 4.69) is 21.7 Å². The Bertz CT molecular complexity index is 479. The van der Waals surface area contributed by atoms with Crippen molar-refractivity contribution < 1.29 is 13.2 Å². The van der Waals surface area contributed by atoms with Crippen LogP contribution in [0.1, 0.15) is 11.3 Å². The quantitative estimate of drug-likeness (QED) is 0.402. The maximum atomic E-state index is 12.4. The molecule has 1 aromatic heterocycles. The lowest BCUT2D eigenvalue weighted by molar-refractivity contribution is -0.143. The molecule has 0 saturated carbocycles. The summed E-state index contributed by atoms with van der Waals surface area (Å²) in [5, 5.41) is 8.44. The summed E-state index contributed by atoms with van der Waals surface area (Å²) in [6.07, 6.45) is -2.53. The first-order chi connectivity index (χ1) is 10.5. The fraction of sp³-hybridized carbons (Fsp3) is 0.643. The molecule has 0 aromatic carbocycles. The molecular formula is C14H22F3IN4S. The SMILES string of the molecule is CN=C(NCCc1cccs1)NC1CCN(CC(F)(F)F)C1.I. The molecule has 23 heavy (non-hydrogen) atoms. The lowest BCUT2D eigenvalue weighted by Gasteiger charge is -2.19. The highest BCUT2D eigenvalue weighted by atomic mass is 127. The van der Waals surface area contributed by atoms with Crippen LogP contribution in [-0.2, 0) is 6.42 Å². The molecule has 0 bridgehead atoms. The van der Waals surface area contributed by atoms with E-state index >= 15 is 0 Å². The van der Waals surface area contributed by atoms with E-state index in [4.69, 9.17) is 0 Å². The number of halogens is 4. The third-order valence-electron chi connectivity index (χ3n) is 3.48. The van der Waals surface area contributed by atoms with E-state index in [-0.39, 0.29) is 30.0 Å². The van der Waals surface area contributed by atoms with Crippen molar-refractivity contribution in [1.29, 1.82) is 0 Å². The van der Waals surface area contributed by atoms with Crippen LogP contribution in [-0.4, -0.2) is 56.3 Å². The summed E-state index contributed by atoms with van der Waals surface area (Å²) in [5.74, 6) is 0.649. The van der Waals surface area contributed by atoms with E-state index in [0.717, 1.165) is 13.0 Å². The molecule has 1 fully saturated rings. The molecule has 1 unspecified atom stereocenters. The highest BCUT2D eigenvalue weighted by molar-refractivity contribution is 14.0. The average Bonchev–Trinajstić information content (AvgIpc) is 3.08. The van der Waals surface area contributed by atoms with Crippen molar-refractivity contribution in [2.45, 2.75) is 25.1 Å². The lowest BCUT2D eigenvalue weighted by Crippen LogP contribution is -2.45. The molecule has 132 valence electrons. The van der Waals surface area contributed by atoms with Gasteiger partial charge < -0.3 is 10.6 Å². The molecule has 1 aromatic rings. The lowest BCUT2D eigenvalue weighted by atomic mass is 10.3. The Morgan fingerprint density at radius 2 is 2.26 bits per heavy atom. The molecular weight excluding hydrogens is 440 g/mol. The van der Waals surface area contributed by atoms with Gasteiger partial charge >= 0.3 is 6.18 Å². The standard InChI is InChI=1S/C14H21F3N4S.HI/c1-18-13(19-6-4-12-3-2-8-22-12)20-11-5-7-21(9-11)10-14(15,16)17;/h2-3,8,11H,4-7,9-10H2,1H3,(H2,18,19,20);1H. The number of alkyl halides is 3. The Hall–Kier alpha value is -0.550. The summed E-state index contributed by atoms with van der Waals surface area (Å²) in [5.41, 5.74) is 0. The predicted octanol–water partition coefficient (Wildman–Crippen LogP) is 2.71. The van der Waals surface area contributed by atoms with Crippen LogP contribution in [0.25, 0.3) is 0 Å². The van der Waals surface area contributed by atoms with Gasteiger partial charge in [-0.2, -0.15) is 13.2 Å². The molecule has 0 aliphatic carbocycles. The molecule has 0 amide bonds. The first-order valence-corrected chi connectivity index (χ1v) is 8.13. The number of hydrogen-bond donors (Lipinski definition) is 2. The zero-order valence-corrected chi connectivity index (χ0v) is 16.0. The Labute approximate surface area is 155 Å². The van der Waals surface area contributed by atoms with Gasteiger partial charge in [-0.05, 0) is 24.3 Å². The van der Waals surface area contributed by atoms with Crippen molar-refractivity contribution in [2.75, 3.05) is 33.2 Å². The van der Waals surface area contributed by atoms with Crippen LogP contribution in [0.2, 0.25) is 0 Å². The van der Waals surface area contributed by atoms with Gasteiger partial charge in [-0.25, -0.2) is 0 Å². The summed E-state index contributed by atoms with van der Waals surface area (Å²) < 4.78 is 37.1. The van der Waals surface area contributed by atoms with Gasteiger partial charge in [0, 0.05) is 37.6 Å². The molecule has 0 radical (unpaired) electrons. The number of likely N-dealkylation sites (tertiary alicyclic amines) is 1. The minimum absolute atomic E-state index is 0. The number of hydrogen-bond acceptors (Lipinski definition) is 3. The monoisotopic (exact) mass is 462 g/mol. The molecule has 1 saturated heterocycles. The zero-order chi connectivity index (χ0) is 16.0. The average molecular weight is 462 g/mol. The van der Waals surface area contributed by atoms with Crippen molar-refractivity contribution in [3.8, 4) is 0 Å². The normalized spacial score (nSPS) is 19.5. The van der Waals surface area contributed by atoms with E-state index in [1.165, 1.54) is 9.78 Å². The summed E-state index contributed by atoms with van der Waals surface area (Å²) in [6, 6.07) is 4.10. The highest BCUT2D eigenvalue weighted by Crippen LogP contribution is 2.19. The largest absolute Gasteiger partial charge is 0.401 e. The fourth-order valence-corrected chi connectivity index (χ4v) is 3.20. The highest BCUT2D eigenvalue weighted by Gasteiger charge is 2.34. The van der Waals surface area contributed by atoms with E-state index in [1.54, 1.807) is 18.4 Å². The minimum Gasteiger partial charge on any atom is -0.356 e. The molecule has 2 heterocycles. The van der Waals surface area contributed by atoms with Crippen LogP contribution in [0.4, 0.5) is 13.2 Å². The third-order valence-corrected chi connectivity index (χ3v) is 4.42. The first-order valence-electron chi connectivity index (χ1n) is 7.25. The smallest absolute Gasteiger partial charge is 0.356 e. The van der Waals surface area contributed by atoms with Gasteiger partial charge in [0.15, 0.2) is 5.96 Å². The molecule has 2 N–H and O–H groups in total. The third kappa shape index (κ3) is 7.71. The van der Waals surface area contributed by atoms with Gasteiger partial charge in [-0.1, -0.05) is 6.07 Å². The van der Waals surface area contributed by atoms with Crippen molar-refractivity contribution in [3.63, 3.8) is 0 Å². The zero-order valence-electron chi connectivity index (χ0n) is 12.9. The van der Waals surface area contributed by atoms with Gasteiger partial charge in [0.2, 0.25) is 0 Å². The maximum absolute atomic E-state index is 12.4. The van der Waals surface area contributed by atoms with Crippen LogP contribution in [0.15, 0.2) is 22.5 Å². The second-order valence-electron chi connectivity index (χ2n) is 5.31. The summed E-state index contributed by atoms with van der Waals surface area (Å²) in [4.78, 5) is 6.85. The van der Waals surface area contributed by atoms with Crippen LogP contribution in [0.3, 0.4) is 0 Å². The van der Waals surface area contributed by atoms with Crippen molar-refractivity contribution in [3.05, 3.63) is 22.4 Å². The molecule has 9 heteroatoms. The molecule has 1 atom stereocenters. The molecule has 1 aliphatic rings. The van der Waals surface area contributed by atoms with Crippen LogP contribution in [0, 0.1) is 0 Å².